The van der Waals surface area contributed by atoms with E-state index >= 15 is 0 Å². The predicted octanol–water partition coefficient (Wildman–Crippen LogP) is 6.04. The number of hydrogen-bond acceptors (Lipinski definition) is 3. The van der Waals surface area contributed by atoms with Crippen molar-refractivity contribution in [2.75, 3.05) is 13.2 Å². The molecule has 1 atom stereocenters. The SMILES string of the molecule is Cc1ccc(S(=O)(=O)N2CCCC3OCCCC3=C2c2ccc(-c3ccccc3)cc2)cc1. The zero-order chi connectivity index (χ0) is 22.8. The summed E-state index contributed by atoms with van der Waals surface area (Å²) in [6.07, 6.45) is 3.38. The van der Waals surface area contributed by atoms with E-state index in [2.05, 4.69) is 36.4 Å². The molecule has 1 unspecified atom stereocenters. The van der Waals surface area contributed by atoms with E-state index in [1.807, 2.05) is 37.3 Å². The molecule has 1 saturated heterocycles. The lowest BCUT2D eigenvalue weighted by molar-refractivity contribution is 0.0485. The summed E-state index contributed by atoms with van der Waals surface area (Å²) in [5, 5.41) is 0. The fraction of sp³-hybridized carbons (Fsp3) is 0.286. The first-order valence-electron chi connectivity index (χ1n) is 11.6. The summed E-state index contributed by atoms with van der Waals surface area (Å²) in [7, 11) is -3.69. The molecule has 33 heavy (non-hydrogen) atoms. The van der Waals surface area contributed by atoms with Crippen molar-refractivity contribution in [3.63, 3.8) is 0 Å². The Morgan fingerprint density at radius 1 is 0.818 bits per heavy atom. The molecule has 170 valence electrons. The van der Waals surface area contributed by atoms with Crippen LogP contribution in [0, 0.1) is 6.92 Å². The summed E-state index contributed by atoms with van der Waals surface area (Å²) < 4.78 is 35.4. The van der Waals surface area contributed by atoms with Crippen LogP contribution in [0.25, 0.3) is 16.8 Å². The van der Waals surface area contributed by atoms with Crippen LogP contribution in [0.15, 0.2) is 89.3 Å². The summed E-state index contributed by atoms with van der Waals surface area (Å²) in [6.45, 7) is 3.16. The number of benzene rings is 3. The molecular formula is C28H29NO3S. The van der Waals surface area contributed by atoms with Crippen molar-refractivity contribution in [2.45, 2.75) is 43.6 Å². The van der Waals surface area contributed by atoms with Gasteiger partial charge in [0.2, 0.25) is 0 Å². The van der Waals surface area contributed by atoms with Crippen LogP contribution in [0.5, 0.6) is 0 Å². The van der Waals surface area contributed by atoms with Gasteiger partial charge >= 0.3 is 0 Å². The van der Waals surface area contributed by atoms with E-state index in [0.717, 1.165) is 65.8 Å². The fourth-order valence-electron chi connectivity index (χ4n) is 4.83. The molecule has 2 heterocycles. The second kappa shape index (κ2) is 9.16. The summed E-state index contributed by atoms with van der Waals surface area (Å²) in [5.41, 5.74) is 6.14. The third kappa shape index (κ3) is 4.35. The van der Waals surface area contributed by atoms with E-state index in [-0.39, 0.29) is 6.10 Å². The summed E-state index contributed by atoms with van der Waals surface area (Å²) in [5.74, 6) is 0. The van der Waals surface area contributed by atoms with E-state index < -0.39 is 10.0 Å². The number of fused-ring (bicyclic) bond motifs is 1. The third-order valence-electron chi connectivity index (χ3n) is 6.55. The average Bonchev–Trinajstić information content (AvgIpc) is 3.05. The van der Waals surface area contributed by atoms with E-state index in [1.165, 1.54) is 0 Å². The number of aryl methyl sites for hydroxylation is 1. The zero-order valence-corrected chi connectivity index (χ0v) is 19.7. The predicted molar refractivity (Wildman–Crippen MR) is 132 cm³/mol. The van der Waals surface area contributed by atoms with Crippen molar-refractivity contribution >= 4 is 15.7 Å². The molecule has 0 aliphatic carbocycles. The van der Waals surface area contributed by atoms with Crippen molar-refractivity contribution < 1.29 is 13.2 Å². The molecular weight excluding hydrogens is 430 g/mol. The highest BCUT2D eigenvalue weighted by Gasteiger charge is 2.35. The van der Waals surface area contributed by atoms with Gasteiger partial charge in [-0.2, -0.15) is 0 Å². The van der Waals surface area contributed by atoms with Crippen LogP contribution < -0.4 is 0 Å². The Labute approximate surface area is 196 Å². The third-order valence-corrected chi connectivity index (χ3v) is 8.37. The monoisotopic (exact) mass is 459 g/mol. The Hall–Kier alpha value is -2.89. The molecule has 2 aliphatic rings. The van der Waals surface area contributed by atoms with Gasteiger partial charge in [0, 0.05) is 13.2 Å². The average molecular weight is 460 g/mol. The first-order chi connectivity index (χ1) is 16.0. The largest absolute Gasteiger partial charge is 0.374 e. The van der Waals surface area contributed by atoms with Crippen LogP contribution in [-0.2, 0) is 14.8 Å². The first-order valence-corrected chi connectivity index (χ1v) is 13.1. The molecule has 1 fully saturated rings. The van der Waals surface area contributed by atoms with E-state index in [9.17, 15) is 8.42 Å². The van der Waals surface area contributed by atoms with Gasteiger partial charge in [0.1, 0.15) is 0 Å². The molecule has 5 heteroatoms. The molecule has 3 aromatic carbocycles. The van der Waals surface area contributed by atoms with E-state index in [0.29, 0.717) is 11.4 Å². The van der Waals surface area contributed by atoms with Crippen molar-refractivity contribution in [2.24, 2.45) is 0 Å². The van der Waals surface area contributed by atoms with Crippen molar-refractivity contribution in [1.29, 1.82) is 0 Å². The van der Waals surface area contributed by atoms with Crippen LogP contribution in [-0.4, -0.2) is 32.0 Å². The molecule has 0 bridgehead atoms. The Kier molecular flexibility index (Phi) is 6.09. The molecule has 0 aromatic heterocycles. The van der Waals surface area contributed by atoms with Gasteiger partial charge in [-0.25, -0.2) is 8.42 Å². The standard InChI is InChI=1S/C28H29NO3S/c1-21-11-17-25(18-12-21)33(30,31)29-19-5-10-27-26(9-6-20-32-27)28(29)24-15-13-23(14-16-24)22-7-3-2-4-8-22/h2-4,7-8,11-18,27H,5-6,9-10,19-20H2,1H3. The maximum absolute atomic E-state index is 13.8. The molecule has 0 amide bonds. The number of nitrogens with zero attached hydrogens (tertiary/aromatic N) is 1. The molecule has 2 aliphatic heterocycles. The minimum absolute atomic E-state index is 0.0132. The maximum atomic E-state index is 13.8. The summed E-state index contributed by atoms with van der Waals surface area (Å²) in [6, 6.07) is 25.7. The van der Waals surface area contributed by atoms with Crippen molar-refractivity contribution in [3.8, 4) is 11.1 Å². The lowest BCUT2D eigenvalue weighted by Gasteiger charge is -2.31. The van der Waals surface area contributed by atoms with Gasteiger partial charge in [-0.15, -0.1) is 0 Å². The topological polar surface area (TPSA) is 46.6 Å². The van der Waals surface area contributed by atoms with Gasteiger partial charge in [0.15, 0.2) is 0 Å². The van der Waals surface area contributed by atoms with Crippen LogP contribution in [0.1, 0.15) is 36.8 Å². The minimum atomic E-state index is -3.69. The molecule has 0 spiro atoms. The molecule has 5 rings (SSSR count). The van der Waals surface area contributed by atoms with Gasteiger partial charge in [-0.1, -0.05) is 72.3 Å². The Morgan fingerprint density at radius 2 is 1.48 bits per heavy atom. The Morgan fingerprint density at radius 3 is 2.21 bits per heavy atom. The Bertz CT molecular complexity index is 1250. The van der Waals surface area contributed by atoms with Crippen LogP contribution in [0.2, 0.25) is 0 Å². The highest BCUT2D eigenvalue weighted by molar-refractivity contribution is 7.89. The molecule has 3 aromatic rings. The first kappa shape index (κ1) is 21.9. The smallest absolute Gasteiger partial charge is 0.264 e. The minimum Gasteiger partial charge on any atom is -0.374 e. The van der Waals surface area contributed by atoms with E-state index in [1.54, 1.807) is 16.4 Å². The quantitative estimate of drug-likeness (QED) is 0.478. The molecule has 0 saturated carbocycles. The van der Waals surface area contributed by atoms with Crippen LogP contribution >= 0.6 is 0 Å². The van der Waals surface area contributed by atoms with Crippen molar-refractivity contribution in [1.82, 2.24) is 4.31 Å². The van der Waals surface area contributed by atoms with Gasteiger partial charge in [-0.3, -0.25) is 4.31 Å². The van der Waals surface area contributed by atoms with Gasteiger partial charge < -0.3 is 4.74 Å². The van der Waals surface area contributed by atoms with Gasteiger partial charge in [0.25, 0.3) is 10.0 Å². The second-order valence-electron chi connectivity index (χ2n) is 8.81. The van der Waals surface area contributed by atoms with E-state index in [4.69, 9.17) is 4.74 Å². The molecule has 0 radical (unpaired) electrons. The zero-order valence-electron chi connectivity index (χ0n) is 18.9. The summed E-state index contributed by atoms with van der Waals surface area (Å²) >= 11 is 0. The summed E-state index contributed by atoms with van der Waals surface area (Å²) in [4.78, 5) is 0.335. The highest BCUT2D eigenvalue weighted by Crippen LogP contribution is 2.39. The van der Waals surface area contributed by atoms with Crippen molar-refractivity contribution in [3.05, 3.63) is 95.6 Å². The molecule has 0 N–H and O–H groups in total. The second-order valence-corrected chi connectivity index (χ2v) is 10.7. The normalized spacial score (nSPS) is 19.2. The van der Waals surface area contributed by atoms with Gasteiger partial charge in [-0.05, 0) is 67.0 Å². The lowest BCUT2D eigenvalue weighted by atomic mass is 9.94. The lowest BCUT2D eigenvalue weighted by Crippen LogP contribution is -2.31. The number of hydrogen-bond donors (Lipinski definition) is 0. The fourth-order valence-corrected chi connectivity index (χ4v) is 6.40. The Balaban J connectivity index is 1.62. The number of ether oxygens (including phenoxy) is 1. The highest BCUT2D eigenvalue weighted by atomic mass is 32.2. The van der Waals surface area contributed by atoms with Crippen LogP contribution in [0.3, 0.4) is 0 Å². The molecule has 4 nitrogen and oxygen atoms in total. The number of rotatable bonds is 4. The van der Waals surface area contributed by atoms with Gasteiger partial charge in [0.05, 0.1) is 16.7 Å². The number of sulfonamides is 1. The maximum Gasteiger partial charge on any atom is 0.264 e. The van der Waals surface area contributed by atoms with Crippen LogP contribution in [0.4, 0.5) is 0 Å².